The van der Waals surface area contributed by atoms with Crippen molar-refractivity contribution in [2.45, 2.75) is 24.2 Å². The van der Waals surface area contributed by atoms with Crippen molar-refractivity contribution in [1.82, 2.24) is 9.29 Å². The van der Waals surface area contributed by atoms with Crippen LogP contribution in [0.4, 0.5) is 0 Å². The van der Waals surface area contributed by atoms with E-state index in [9.17, 15) is 13.2 Å². The zero-order valence-corrected chi connectivity index (χ0v) is 12.1. The lowest BCUT2D eigenvalue weighted by Gasteiger charge is -2.30. The summed E-state index contributed by atoms with van der Waals surface area (Å²) in [6.45, 7) is 0.528. The van der Waals surface area contributed by atoms with Gasteiger partial charge in [-0.1, -0.05) is 0 Å². The lowest BCUT2D eigenvalue weighted by Crippen LogP contribution is -2.39. The Bertz CT molecular complexity index is 673. The number of aromatic nitrogens is 1. The lowest BCUT2D eigenvalue weighted by atomic mass is 9.95. The van der Waals surface area contributed by atoms with Crippen LogP contribution in [0.15, 0.2) is 23.2 Å². The number of sulfonamides is 1. The van der Waals surface area contributed by atoms with E-state index in [0.717, 1.165) is 0 Å². The highest BCUT2D eigenvalue weighted by molar-refractivity contribution is 7.89. The first-order chi connectivity index (χ1) is 9.95. The Kier molecular flexibility index (Phi) is 4.55. The summed E-state index contributed by atoms with van der Waals surface area (Å²) >= 11 is 0. The van der Waals surface area contributed by atoms with Gasteiger partial charge < -0.3 is 5.11 Å². The minimum atomic E-state index is -3.76. The molecule has 8 heteroatoms. The maximum atomic E-state index is 12.5. The van der Waals surface area contributed by atoms with Gasteiger partial charge >= 0.3 is 5.97 Å². The van der Waals surface area contributed by atoms with Gasteiger partial charge in [0.1, 0.15) is 11.0 Å². The molecule has 1 N–H and O–H groups in total. The van der Waals surface area contributed by atoms with E-state index in [4.69, 9.17) is 10.4 Å². The second-order valence-corrected chi connectivity index (χ2v) is 6.81. The molecule has 1 aliphatic rings. The largest absolute Gasteiger partial charge is 0.481 e. The summed E-state index contributed by atoms with van der Waals surface area (Å²) in [5.41, 5.74) is -0.120. The van der Waals surface area contributed by atoms with Crippen molar-refractivity contribution in [3.63, 3.8) is 0 Å². The van der Waals surface area contributed by atoms with Gasteiger partial charge in [0.05, 0.1) is 0 Å². The van der Waals surface area contributed by atoms with E-state index in [-0.39, 0.29) is 36.0 Å². The number of aliphatic carboxylic acids is 1. The third kappa shape index (κ3) is 3.37. The van der Waals surface area contributed by atoms with E-state index in [1.165, 1.54) is 22.6 Å². The molecule has 1 saturated heterocycles. The maximum Gasteiger partial charge on any atom is 0.303 e. The van der Waals surface area contributed by atoms with Gasteiger partial charge in [-0.25, -0.2) is 13.4 Å². The Morgan fingerprint density at radius 1 is 1.48 bits per heavy atom. The van der Waals surface area contributed by atoms with Crippen LogP contribution >= 0.6 is 0 Å². The van der Waals surface area contributed by atoms with Crippen molar-refractivity contribution in [2.24, 2.45) is 5.92 Å². The number of carboxylic acid groups (broad SMARTS) is 1. The molecule has 7 nitrogen and oxygen atoms in total. The molecular weight excluding hydrogens is 294 g/mol. The molecule has 0 aliphatic carbocycles. The number of hydrogen-bond donors (Lipinski definition) is 1. The van der Waals surface area contributed by atoms with Crippen LogP contribution in [0.2, 0.25) is 0 Å². The molecule has 0 spiro atoms. The number of hydrogen-bond acceptors (Lipinski definition) is 5. The Balaban J connectivity index is 2.16. The third-order valence-corrected chi connectivity index (χ3v) is 5.46. The summed E-state index contributed by atoms with van der Waals surface area (Å²) in [5.74, 6) is -0.867. The average molecular weight is 309 g/mol. The highest BCUT2D eigenvalue weighted by atomic mass is 32.2. The number of rotatable bonds is 4. The molecule has 21 heavy (non-hydrogen) atoms. The fourth-order valence-corrected chi connectivity index (χ4v) is 3.99. The molecule has 0 unspecified atom stereocenters. The van der Waals surface area contributed by atoms with Gasteiger partial charge in [0.2, 0.25) is 10.0 Å². The minimum Gasteiger partial charge on any atom is -0.481 e. The van der Waals surface area contributed by atoms with Crippen LogP contribution < -0.4 is 0 Å². The normalized spacial score (nSPS) is 17.3. The van der Waals surface area contributed by atoms with Crippen LogP contribution in [-0.4, -0.2) is 41.9 Å². The van der Waals surface area contributed by atoms with E-state index in [2.05, 4.69) is 4.98 Å². The molecule has 112 valence electrons. The molecule has 0 saturated carbocycles. The van der Waals surface area contributed by atoms with E-state index >= 15 is 0 Å². The molecule has 2 heterocycles. The summed E-state index contributed by atoms with van der Waals surface area (Å²) in [5, 5.41) is 17.7. The summed E-state index contributed by atoms with van der Waals surface area (Å²) in [7, 11) is -3.76. The van der Waals surface area contributed by atoms with Crippen LogP contribution in [0.25, 0.3) is 0 Å². The van der Waals surface area contributed by atoms with Crippen LogP contribution in [0.5, 0.6) is 0 Å². The molecule has 0 bridgehead atoms. The number of carboxylic acids is 1. The Hall–Kier alpha value is -1.98. The first-order valence-electron chi connectivity index (χ1n) is 6.52. The molecular formula is C13H15N3O4S. The predicted octanol–water partition coefficient (Wildman–Crippen LogP) is 0.829. The molecule has 1 aromatic rings. The van der Waals surface area contributed by atoms with Gasteiger partial charge in [0.25, 0.3) is 0 Å². The summed E-state index contributed by atoms with van der Waals surface area (Å²) in [4.78, 5) is 14.3. The van der Waals surface area contributed by atoms with Crippen LogP contribution in [0, 0.1) is 17.2 Å². The van der Waals surface area contributed by atoms with Crippen molar-refractivity contribution in [1.29, 1.82) is 5.26 Å². The topological polar surface area (TPSA) is 111 Å². The van der Waals surface area contributed by atoms with Crippen molar-refractivity contribution < 1.29 is 18.3 Å². The zero-order valence-electron chi connectivity index (χ0n) is 11.3. The van der Waals surface area contributed by atoms with Crippen molar-refractivity contribution >= 4 is 16.0 Å². The quantitative estimate of drug-likeness (QED) is 0.881. The summed E-state index contributed by atoms with van der Waals surface area (Å²) < 4.78 is 26.3. The van der Waals surface area contributed by atoms with Gasteiger partial charge in [0, 0.05) is 25.7 Å². The molecule has 0 radical (unpaired) electrons. The number of carbonyl (C=O) groups is 1. The van der Waals surface area contributed by atoms with Gasteiger partial charge in [-0.05, 0) is 30.9 Å². The molecule has 0 aromatic carbocycles. The SMILES string of the molecule is N#Cc1ncccc1S(=O)(=O)N1CCC(CC(=O)O)CC1. The Morgan fingerprint density at radius 2 is 2.14 bits per heavy atom. The van der Waals surface area contributed by atoms with Gasteiger partial charge in [-0.3, -0.25) is 4.79 Å². The van der Waals surface area contributed by atoms with Gasteiger partial charge in [-0.2, -0.15) is 9.57 Å². The van der Waals surface area contributed by atoms with E-state index in [0.29, 0.717) is 12.8 Å². The fraction of sp³-hybridized carbons (Fsp3) is 0.462. The number of piperidine rings is 1. The molecule has 1 fully saturated rings. The first-order valence-corrected chi connectivity index (χ1v) is 7.96. The van der Waals surface area contributed by atoms with Crippen molar-refractivity contribution in [2.75, 3.05) is 13.1 Å². The molecule has 0 atom stereocenters. The first kappa shape index (κ1) is 15.4. The monoisotopic (exact) mass is 309 g/mol. The second kappa shape index (κ2) is 6.20. The third-order valence-electron chi connectivity index (χ3n) is 3.53. The lowest BCUT2D eigenvalue weighted by molar-refractivity contribution is -0.138. The fourth-order valence-electron chi connectivity index (χ4n) is 2.42. The van der Waals surface area contributed by atoms with Crippen molar-refractivity contribution in [3.05, 3.63) is 24.0 Å². The van der Waals surface area contributed by atoms with Gasteiger partial charge in [0.15, 0.2) is 5.69 Å². The molecule has 1 aromatic heterocycles. The highest BCUT2D eigenvalue weighted by Gasteiger charge is 2.31. The Labute approximate surface area is 122 Å². The molecule has 2 rings (SSSR count). The van der Waals surface area contributed by atoms with E-state index in [1.54, 1.807) is 6.07 Å². The number of nitrogens with zero attached hydrogens (tertiary/aromatic N) is 3. The zero-order chi connectivity index (χ0) is 15.5. The van der Waals surface area contributed by atoms with Crippen LogP contribution in [-0.2, 0) is 14.8 Å². The van der Waals surface area contributed by atoms with Crippen LogP contribution in [0.1, 0.15) is 25.0 Å². The number of pyridine rings is 1. The van der Waals surface area contributed by atoms with Crippen molar-refractivity contribution in [3.8, 4) is 6.07 Å². The smallest absolute Gasteiger partial charge is 0.303 e. The predicted molar refractivity (Wildman–Crippen MR) is 72.7 cm³/mol. The van der Waals surface area contributed by atoms with E-state index in [1.807, 2.05) is 0 Å². The second-order valence-electron chi connectivity index (χ2n) is 4.91. The minimum absolute atomic E-state index is 0.00159. The Morgan fingerprint density at radius 3 is 2.71 bits per heavy atom. The standard InChI is InChI=1S/C13H15N3O4S/c14-9-11-12(2-1-5-15-11)21(19,20)16-6-3-10(4-7-16)8-13(17)18/h1-2,5,10H,3-4,6-8H2,(H,17,18). The van der Waals surface area contributed by atoms with Crippen LogP contribution in [0.3, 0.4) is 0 Å². The summed E-state index contributed by atoms with van der Waals surface area (Å²) in [6, 6.07) is 4.62. The molecule has 0 amide bonds. The molecule has 1 aliphatic heterocycles. The average Bonchev–Trinajstić information content (AvgIpc) is 2.47. The number of nitriles is 1. The summed E-state index contributed by atoms with van der Waals surface area (Å²) in [6.07, 6.45) is 2.45. The highest BCUT2D eigenvalue weighted by Crippen LogP contribution is 2.26. The van der Waals surface area contributed by atoms with Gasteiger partial charge in [-0.15, -0.1) is 0 Å². The maximum absolute atomic E-state index is 12.5. The van der Waals surface area contributed by atoms with E-state index < -0.39 is 16.0 Å².